The van der Waals surface area contributed by atoms with Crippen molar-refractivity contribution in [1.29, 1.82) is 0 Å². The molecule has 0 saturated heterocycles. The van der Waals surface area contributed by atoms with E-state index in [0.29, 0.717) is 0 Å². The Balaban J connectivity index is 1.64. The van der Waals surface area contributed by atoms with Crippen molar-refractivity contribution in [1.82, 2.24) is 15.1 Å². The van der Waals surface area contributed by atoms with Gasteiger partial charge in [0.05, 0.1) is 23.5 Å². The second-order valence-electron chi connectivity index (χ2n) is 6.66. The predicted octanol–water partition coefficient (Wildman–Crippen LogP) is 4.36. The fraction of sp³-hybridized carbons (Fsp3) is 0.300. The van der Waals surface area contributed by atoms with Gasteiger partial charge in [0.2, 0.25) is 0 Å². The first-order valence-corrected chi connectivity index (χ1v) is 9.55. The van der Waals surface area contributed by atoms with E-state index in [4.69, 9.17) is 0 Å². The third kappa shape index (κ3) is 3.00. The fourth-order valence-electron chi connectivity index (χ4n) is 3.42. The normalized spacial score (nSPS) is 16.5. The highest BCUT2D eigenvalue weighted by Gasteiger charge is 2.26. The molecule has 0 bridgehead atoms. The van der Waals surface area contributed by atoms with Crippen molar-refractivity contribution in [3.63, 3.8) is 0 Å². The van der Waals surface area contributed by atoms with Crippen molar-refractivity contribution in [2.45, 2.75) is 39.2 Å². The summed E-state index contributed by atoms with van der Waals surface area (Å²) >= 11 is 1.54. The Kier molecular flexibility index (Phi) is 4.17. The summed E-state index contributed by atoms with van der Waals surface area (Å²) in [6.45, 7) is 4.24. The largest absolute Gasteiger partial charge is 0.345 e. The van der Waals surface area contributed by atoms with Gasteiger partial charge in [-0.2, -0.15) is 16.4 Å². The van der Waals surface area contributed by atoms with Gasteiger partial charge in [0.1, 0.15) is 0 Å². The van der Waals surface area contributed by atoms with E-state index in [1.54, 1.807) is 11.3 Å². The minimum atomic E-state index is -0.00182. The molecule has 0 unspecified atom stereocenters. The number of hydrogen-bond donors (Lipinski definition) is 1. The van der Waals surface area contributed by atoms with Crippen LogP contribution in [0.1, 0.15) is 51.6 Å². The van der Waals surface area contributed by atoms with E-state index in [0.717, 1.165) is 36.1 Å². The van der Waals surface area contributed by atoms with E-state index in [1.165, 1.54) is 16.8 Å². The summed E-state index contributed by atoms with van der Waals surface area (Å²) in [4.78, 5) is 12.4. The summed E-state index contributed by atoms with van der Waals surface area (Å²) in [5.41, 5.74) is 6.73. The van der Waals surface area contributed by atoms with Crippen molar-refractivity contribution in [3.05, 3.63) is 69.2 Å². The van der Waals surface area contributed by atoms with Crippen molar-refractivity contribution < 1.29 is 4.79 Å². The van der Waals surface area contributed by atoms with Gasteiger partial charge < -0.3 is 5.32 Å². The summed E-state index contributed by atoms with van der Waals surface area (Å²) in [5.74, 6) is -0.00182. The molecule has 128 valence electrons. The van der Waals surface area contributed by atoms with Crippen molar-refractivity contribution >= 4 is 17.2 Å². The number of fused-ring (bicyclic) bond motifs is 1. The molecule has 1 amide bonds. The lowest BCUT2D eigenvalue weighted by molar-refractivity contribution is 0.0933. The first kappa shape index (κ1) is 16.1. The molecule has 25 heavy (non-hydrogen) atoms. The summed E-state index contributed by atoms with van der Waals surface area (Å²) in [7, 11) is 0. The Morgan fingerprint density at radius 3 is 2.92 bits per heavy atom. The number of nitrogens with zero attached hydrogens (tertiary/aromatic N) is 2. The molecule has 1 aliphatic rings. The van der Waals surface area contributed by atoms with Gasteiger partial charge in [0, 0.05) is 16.6 Å². The van der Waals surface area contributed by atoms with Crippen LogP contribution in [0.15, 0.2) is 41.2 Å². The maximum atomic E-state index is 12.4. The molecule has 1 aromatic carbocycles. The predicted molar refractivity (Wildman–Crippen MR) is 101 cm³/mol. The van der Waals surface area contributed by atoms with E-state index < -0.39 is 0 Å². The van der Waals surface area contributed by atoms with Crippen LogP contribution in [0, 0.1) is 13.8 Å². The minimum absolute atomic E-state index is 0.00182. The van der Waals surface area contributed by atoms with Gasteiger partial charge in [-0.15, -0.1) is 0 Å². The van der Waals surface area contributed by atoms with E-state index in [2.05, 4.69) is 42.5 Å². The Morgan fingerprint density at radius 1 is 1.28 bits per heavy atom. The summed E-state index contributed by atoms with van der Waals surface area (Å²) in [5, 5.41) is 11.6. The number of amides is 1. The molecule has 2 heterocycles. The molecule has 0 aliphatic heterocycles. The van der Waals surface area contributed by atoms with Crippen molar-refractivity contribution in [3.8, 4) is 5.69 Å². The average molecular weight is 351 g/mol. The molecule has 5 heteroatoms. The first-order chi connectivity index (χ1) is 12.1. The zero-order valence-corrected chi connectivity index (χ0v) is 15.3. The number of thiophene rings is 1. The Hall–Kier alpha value is -2.40. The molecule has 0 fully saturated rings. The maximum absolute atomic E-state index is 12.4. The monoisotopic (exact) mass is 351 g/mol. The number of nitrogens with one attached hydrogen (secondary N) is 1. The molecule has 0 saturated carbocycles. The van der Waals surface area contributed by atoms with Gasteiger partial charge in [-0.3, -0.25) is 4.79 Å². The molecule has 2 aromatic heterocycles. The molecule has 1 N–H and O–H groups in total. The number of carbonyl (C=O) groups excluding carboxylic acids is 1. The summed E-state index contributed by atoms with van der Waals surface area (Å²) < 4.78 is 2.03. The summed E-state index contributed by atoms with van der Waals surface area (Å²) in [6, 6.07) is 8.33. The zero-order valence-electron chi connectivity index (χ0n) is 14.5. The van der Waals surface area contributed by atoms with Gasteiger partial charge in [0.15, 0.2) is 0 Å². The van der Waals surface area contributed by atoms with Crippen LogP contribution in [-0.4, -0.2) is 15.7 Å². The number of carbonyl (C=O) groups is 1. The van der Waals surface area contributed by atoms with Gasteiger partial charge in [0.25, 0.3) is 5.91 Å². The van der Waals surface area contributed by atoms with Crippen LogP contribution in [0.25, 0.3) is 5.69 Å². The van der Waals surface area contributed by atoms with Crippen LogP contribution in [-0.2, 0) is 6.42 Å². The van der Waals surface area contributed by atoms with Crippen LogP contribution >= 0.6 is 11.3 Å². The lowest BCUT2D eigenvalue weighted by atomic mass is 9.92. The number of aryl methyl sites for hydroxylation is 2. The molecule has 0 spiro atoms. The van der Waals surface area contributed by atoms with Crippen molar-refractivity contribution in [2.75, 3.05) is 0 Å². The average Bonchev–Trinajstić information content (AvgIpc) is 3.27. The molecule has 0 radical (unpaired) electrons. The molecule has 3 aromatic rings. The second kappa shape index (κ2) is 6.48. The van der Waals surface area contributed by atoms with Crippen LogP contribution in [0.2, 0.25) is 0 Å². The first-order valence-electron chi connectivity index (χ1n) is 8.61. The highest BCUT2D eigenvalue weighted by molar-refractivity contribution is 7.08. The van der Waals surface area contributed by atoms with Crippen LogP contribution in [0.3, 0.4) is 0 Å². The number of hydrogen-bond acceptors (Lipinski definition) is 3. The Bertz CT molecular complexity index is 911. The number of aromatic nitrogens is 2. The lowest BCUT2D eigenvalue weighted by Gasteiger charge is -2.24. The third-order valence-corrected chi connectivity index (χ3v) is 5.69. The van der Waals surface area contributed by atoms with Gasteiger partial charge in [-0.05, 0) is 67.8 Å². The van der Waals surface area contributed by atoms with E-state index >= 15 is 0 Å². The van der Waals surface area contributed by atoms with Crippen LogP contribution in [0.4, 0.5) is 0 Å². The highest BCUT2D eigenvalue weighted by atomic mass is 32.1. The van der Waals surface area contributed by atoms with E-state index in [1.807, 2.05) is 27.7 Å². The van der Waals surface area contributed by atoms with Gasteiger partial charge >= 0.3 is 0 Å². The third-order valence-electron chi connectivity index (χ3n) is 5.01. The second-order valence-corrected chi connectivity index (χ2v) is 7.44. The maximum Gasteiger partial charge on any atom is 0.252 e. The zero-order chi connectivity index (χ0) is 17.4. The number of rotatable bonds is 3. The molecule has 1 atom stereocenters. The number of benzene rings is 1. The summed E-state index contributed by atoms with van der Waals surface area (Å²) in [6.07, 6.45) is 4.93. The van der Waals surface area contributed by atoms with E-state index in [-0.39, 0.29) is 11.9 Å². The Labute approximate surface area is 151 Å². The molecule has 4 nitrogen and oxygen atoms in total. The SMILES string of the molecule is Cc1ccc(-n2ncc3c2CCC[C@H]3NC(=O)c2ccsc2)cc1C. The Morgan fingerprint density at radius 2 is 2.16 bits per heavy atom. The quantitative estimate of drug-likeness (QED) is 0.762. The van der Waals surface area contributed by atoms with Crippen LogP contribution < -0.4 is 5.32 Å². The van der Waals surface area contributed by atoms with Gasteiger partial charge in [-0.25, -0.2) is 4.68 Å². The minimum Gasteiger partial charge on any atom is -0.345 e. The lowest BCUT2D eigenvalue weighted by Crippen LogP contribution is -2.30. The molecule has 1 aliphatic carbocycles. The molecular formula is C20H21N3OS. The molecule has 4 rings (SSSR count). The topological polar surface area (TPSA) is 46.9 Å². The molecular weight excluding hydrogens is 330 g/mol. The van der Waals surface area contributed by atoms with Gasteiger partial charge in [-0.1, -0.05) is 6.07 Å². The highest BCUT2D eigenvalue weighted by Crippen LogP contribution is 2.31. The van der Waals surface area contributed by atoms with Crippen LogP contribution in [0.5, 0.6) is 0 Å². The standard InChI is InChI=1S/C20H21N3OS/c1-13-6-7-16(10-14(13)2)23-19-5-3-4-18(17(19)11-21-23)22-20(24)15-8-9-25-12-15/h6-12,18H,3-5H2,1-2H3,(H,22,24)/t18-/m1/s1. The smallest absolute Gasteiger partial charge is 0.252 e. The van der Waals surface area contributed by atoms with E-state index in [9.17, 15) is 4.79 Å². The fourth-order valence-corrected chi connectivity index (χ4v) is 4.06. The van der Waals surface area contributed by atoms with Crippen molar-refractivity contribution in [2.24, 2.45) is 0 Å².